The molecule has 0 saturated heterocycles. The minimum Gasteiger partial charge on any atom is -0.344 e. The minimum absolute atomic E-state index is 0.151. The van der Waals surface area contributed by atoms with Gasteiger partial charge in [-0.3, -0.25) is 4.90 Å². The highest BCUT2D eigenvalue weighted by molar-refractivity contribution is 6.20. The zero-order valence-electron chi connectivity index (χ0n) is 6.35. The molecule has 1 heterocycles. The van der Waals surface area contributed by atoms with Gasteiger partial charge < -0.3 is 4.90 Å². The normalized spacial score (nSPS) is 23.9. The lowest BCUT2D eigenvalue weighted by molar-refractivity contribution is -0.235. The molecule has 2 nitrogen and oxygen atoms in total. The molecule has 0 aromatic rings. The Labute approximate surface area is 73.2 Å². The first kappa shape index (κ1) is 9.51. The van der Waals surface area contributed by atoms with Crippen molar-refractivity contribution < 1.29 is 13.2 Å². The van der Waals surface area contributed by atoms with Crippen molar-refractivity contribution in [2.45, 2.75) is 18.8 Å². The van der Waals surface area contributed by atoms with E-state index >= 15 is 0 Å². The fourth-order valence-corrected chi connectivity index (χ4v) is 1.30. The number of halogens is 4. The van der Waals surface area contributed by atoms with Crippen LogP contribution < -0.4 is 0 Å². The first-order chi connectivity index (χ1) is 5.46. The van der Waals surface area contributed by atoms with Crippen molar-refractivity contribution in [3.8, 4) is 0 Å². The summed E-state index contributed by atoms with van der Waals surface area (Å²) in [6.07, 6.45) is -2.14. The van der Waals surface area contributed by atoms with Crippen molar-refractivity contribution in [1.82, 2.24) is 9.80 Å². The van der Waals surface area contributed by atoms with Crippen molar-refractivity contribution in [2.75, 3.05) is 6.54 Å². The minimum atomic E-state index is -4.40. The van der Waals surface area contributed by atoms with E-state index in [0.717, 1.165) is 6.20 Å². The molecule has 1 aliphatic heterocycles. The van der Waals surface area contributed by atoms with Gasteiger partial charge in [-0.05, 0) is 6.92 Å². The molecule has 0 N–H and O–H groups in total. The number of rotatable bonds is 1. The van der Waals surface area contributed by atoms with Gasteiger partial charge in [0, 0.05) is 18.9 Å². The van der Waals surface area contributed by atoms with Gasteiger partial charge in [0.05, 0.1) is 0 Å². The molecule has 0 radical (unpaired) electrons. The van der Waals surface area contributed by atoms with E-state index in [0.29, 0.717) is 6.54 Å². The van der Waals surface area contributed by atoms with Gasteiger partial charge in [-0.1, -0.05) is 11.6 Å². The molecule has 0 aromatic carbocycles. The van der Waals surface area contributed by atoms with Crippen molar-refractivity contribution in [1.29, 1.82) is 0 Å². The van der Waals surface area contributed by atoms with Crippen LogP contribution in [-0.4, -0.2) is 28.3 Å². The molecule has 0 saturated carbocycles. The molecule has 12 heavy (non-hydrogen) atoms. The van der Waals surface area contributed by atoms with E-state index in [1.807, 2.05) is 0 Å². The Morgan fingerprint density at radius 3 is 2.25 bits per heavy atom. The van der Waals surface area contributed by atoms with Gasteiger partial charge in [-0.2, -0.15) is 0 Å². The number of hydrogen-bond acceptors (Lipinski definition) is 2. The maximum atomic E-state index is 12.1. The Morgan fingerprint density at radius 1 is 1.42 bits per heavy atom. The van der Waals surface area contributed by atoms with E-state index in [9.17, 15) is 13.2 Å². The molecule has 1 atom stereocenters. The highest BCUT2D eigenvalue weighted by atomic mass is 35.5. The second-order valence-corrected chi connectivity index (χ2v) is 2.70. The van der Waals surface area contributed by atoms with Gasteiger partial charge in [0.15, 0.2) is 5.62 Å². The third kappa shape index (κ3) is 1.60. The monoisotopic (exact) mass is 200 g/mol. The molecule has 0 amide bonds. The highest BCUT2D eigenvalue weighted by Gasteiger charge is 2.43. The Hall–Kier alpha value is -0.580. The predicted octanol–water partition coefficient (Wildman–Crippen LogP) is 2.14. The molecule has 0 aliphatic carbocycles. The van der Waals surface area contributed by atoms with Crippen molar-refractivity contribution in [3.05, 3.63) is 12.4 Å². The van der Waals surface area contributed by atoms with Crippen LogP contribution in [0.5, 0.6) is 0 Å². The molecule has 1 rings (SSSR count). The fraction of sp³-hybridized carbons (Fsp3) is 0.667. The SMILES string of the molecule is CCN1C=CN(C(F)(F)F)C1Cl. The number of alkyl halides is 4. The first-order valence-corrected chi connectivity index (χ1v) is 3.83. The summed E-state index contributed by atoms with van der Waals surface area (Å²) in [4.78, 5) is 1.53. The lowest BCUT2D eigenvalue weighted by Gasteiger charge is -2.27. The predicted molar refractivity (Wildman–Crippen MR) is 39.1 cm³/mol. The van der Waals surface area contributed by atoms with Crippen molar-refractivity contribution in [2.24, 2.45) is 0 Å². The zero-order valence-corrected chi connectivity index (χ0v) is 7.10. The van der Waals surface area contributed by atoms with E-state index in [4.69, 9.17) is 11.6 Å². The quantitative estimate of drug-likeness (QED) is 0.473. The lowest BCUT2D eigenvalue weighted by Crippen LogP contribution is -2.42. The zero-order chi connectivity index (χ0) is 9.35. The molecule has 6 heteroatoms. The number of nitrogens with zero attached hydrogens (tertiary/aromatic N) is 2. The topological polar surface area (TPSA) is 6.48 Å². The van der Waals surface area contributed by atoms with Gasteiger partial charge in [0.25, 0.3) is 0 Å². The van der Waals surface area contributed by atoms with Crippen LogP contribution in [0.2, 0.25) is 0 Å². The van der Waals surface area contributed by atoms with E-state index in [1.54, 1.807) is 6.92 Å². The summed E-state index contributed by atoms with van der Waals surface area (Å²) in [6, 6.07) is 0. The Bertz CT molecular complexity index is 192. The van der Waals surface area contributed by atoms with E-state index < -0.39 is 11.9 Å². The van der Waals surface area contributed by atoms with Crippen molar-refractivity contribution >= 4 is 11.6 Å². The molecule has 1 unspecified atom stereocenters. The van der Waals surface area contributed by atoms with E-state index in [2.05, 4.69) is 0 Å². The van der Waals surface area contributed by atoms with Gasteiger partial charge in [-0.15, -0.1) is 13.2 Å². The summed E-state index contributed by atoms with van der Waals surface area (Å²) in [7, 11) is 0. The summed E-state index contributed by atoms with van der Waals surface area (Å²) >= 11 is 5.50. The summed E-state index contributed by atoms with van der Waals surface area (Å²) in [5, 5.41) is 0. The molecule has 0 bridgehead atoms. The Kier molecular flexibility index (Phi) is 2.41. The lowest BCUT2D eigenvalue weighted by atomic mass is 10.6. The second-order valence-electron chi connectivity index (χ2n) is 2.31. The van der Waals surface area contributed by atoms with Crippen LogP contribution in [0.3, 0.4) is 0 Å². The molecular weight excluding hydrogens is 193 g/mol. The van der Waals surface area contributed by atoms with Gasteiger partial charge in [0.1, 0.15) is 0 Å². The van der Waals surface area contributed by atoms with E-state index in [1.165, 1.54) is 11.1 Å². The maximum Gasteiger partial charge on any atom is 0.487 e. The van der Waals surface area contributed by atoms with Crippen LogP contribution in [0.25, 0.3) is 0 Å². The largest absolute Gasteiger partial charge is 0.487 e. The van der Waals surface area contributed by atoms with Crippen LogP contribution in [0.1, 0.15) is 6.92 Å². The van der Waals surface area contributed by atoms with Crippen LogP contribution in [0, 0.1) is 0 Å². The second kappa shape index (κ2) is 3.05. The molecule has 0 aromatic heterocycles. The average molecular weight is 201 g/mol. The third-order valence-electron chi connectivity index (χ3n) is 1.58. The van der Waals surface area contributed by atoms with Crippen LogP contribution in [0.4, 0.5) is 13.2 Å². The molecular formula is C6H8ClF3N2. The smallest absolute Gasteiger partial charge is 0.344 e. The van der Waals surface area contributed by atoms with Gasteiger partial charge in [0.2, 0.25) is 0 Å². The fourth-order valence-electron chi connectivity index (χ4n) is 0.921. The summed E-state index contributed by atoms with van der Waals surface area (Å²) < 4.78 is 36.3. The van der Waals surface area contributed by atoms with Gasteiger partial charge in [-0.25, -0.2) is 0 Å². The first-order valence-electron chi connectivity index (χ1n) is 3.40. The molecule has 0 spiro atoms. The average Bonchev–Trinajstić information content (AvgIpc) is 2.29. The summed E-state index contributed by atoms with van der Waals surface area (Å²) in [5.41, 5.74) is -1.14. The van der Waals surface area contributed by atoms with Gasteiger partial charge >= 0.3 is 6.30 Å². The maximum absolute atomic E-state index is 12.1. The summed E-state index contributed by atoms with van der Waals surface area (Å²) in [5.74, 6) is 0. The van der Waals surface area contributed by atoms with Crippen LogP contribution in [-0.2, 0) is 0 Å². The molecule has 0 fully saturated rings. The number of hydrogen-bond donors (Lipinski definition) is 0. The standard InChI is InChI=1S/C6H8ClF3N2/c1-2-11-3-4-12(5(11)7)6(8,9)10/h3-5H,2H2,1H3. The third-order valence-corrected chi connectivity index (χ3v) is 2.04. The van der Waals surface area contributed by atoms with Crippen molar-refractivity contribution in [3.63, 3.8) is 0 Å². The highest BCUT2D eigenvalue weighted by Crippen LogP contribution is 2.31. The summed E-state index contributed by atoms with van der Waals surface area (Å²) in [6.45, 7) is 2.19. The Balaban J connectivity index is 2.68. The van der Waals surface area contributed by atoms with E-state index in [-0.39, 0.29) is 4.90 Å². The molecule has 1 aliphatic rings. The van der Waals surface area contributed by atoms with Crippen LogP contribution >= 0.6 is 11.6 Å². The Morgan fingerprint density at radius 2 is 2.00 bits per heavy atom. The molecule has 70 valence electrons. The van der Waals surface area contributed by atoms with Crippen LogP contribution in [0.15, 0.2) is 12.4 Å².